The lowest BCUT2D eigenvalue weighted by molar-refractivity contribution is -0.365. The van der Waals surface area contributed by atoms with Crippen molar-refractivity contribution in [1.82, 2.24) is 0 Å². The van der Waals surface area contributed by atoms with Gasteiger partial charge in [0.05, 0.1) is 0 Å². The van der Waals surface area contributed by atoms with E-state index in [0.29, 0.717) is 0 Å². The molecule has 1 unspecified atom stereocenters. The predicted molar refractivity (Wildman–Crippen MR) is 30.7 cm³/mol. The minimum Gasteiger partial charge on any atom is -0.265 e. The van der Waals surface area contributed by atoms with Crippen molar-refractivity contribution in [2.45, 2.75) is 36.2 Å². The van der Waals surface area contributed by atoms with E-state index in [1.165, 1.54) is 0 Å². The van der Waals surface area contributed by atoms with Gasteiger partial charge in [-0.25, -0.2) is 8.78 Å². The summed E-state index contributed by atoms with van der Waals surface area (Å²) in [7, 11) is 0. The van der Waals surface area contributed by atoms with Crippen LogP contribution in [0.25, 0.3) is 0 Å². The Morgan fingerprint density at radius 3 is 1.39 bits per heavy atom. The summed E-state index contributed by atoms with van der Waals surface area (Å²) in [5.74, 6) is -26.4. The molecule has 0 amide bonds. The highest BCUT2D eigenvalue weighted by molar-refractivity contribution is 5.13. The van der Waals surface area contributed by atoms with Crippen molar-refractivity contribution < 1.29 is 53.0 Å². The summed E-state index contributed by atoms with van der Waals surface area (Å²) in [5, 5.41) is 0. The Morgan fingerprint density at radius 1 is 0.833 bits per heavy atom. The molecule has 0 aliphatic carbocycles. The highest BCUT2D eigenvalue weighted by atomic mass is 19.4. The molecule has 0 N–H and O–H groups in total. The first-order valence-corrected chi connectivity index (χ1v) is 3.83. The maximum Gasteiger partial charge on any atom is 0.424 e. The van der Waals surface area contributed by atoms with Crippen molar-refractivity contribution in [1.29, 1.82) is 0 Å². The Labute approximate surface area is 90.5 Å². The molecule has 18 heavy (non-hydrogen) atoms. The van der Waals surface area contributed by atoms with Crippen LogP contribution in [-0.4, -0.2) is 36.2 Å². The molecule has 0 aromatic carbocycles. The van der Waals surface area contributed by atoms with E-state index < -0.39 is 36.2 Å². The lowest BCUT2D eigenvalue weighted by Crippen LogP contribution is -2.63. The zero-order valence-corrected chi connectivity index (χ0v) is 7.64. The highest BCUT2D eigenvalue weighted by Crippen LogP contribution is 2.66. The molecule has 108 valence electrons. The second-order valence-corrected chi connectivity index (χ2v) is 3.29. The van der Waals surface area contributed by atoms with Gasteiger partial charge in [0.15, 0.2) is 0 Å². The molecule has 1 atom stereocenters. The van der Waals surface area contributed by atoms with Crippen LogP contribution in [0, 0.1) is 0 Å². The Hall–Kier alpha value is -0.810. The van der Waals surface area contributed by atoms with E-state index in [0.717, 1.165) is 0 Å². The lowest BCUT2D eigenvalue weighted by atomic mass is 10.0. The van der Waals surface area contributed by atoms with Crippen LogP contribution in [0.15, 0.2) is 0 Å². The van der Waals surface area contributed by atoms with Crippen molar-refractivity contribution in [3.8, 4) is 0 Å². The minimum atomic E-state index is -7.08. The first-order chi connectivity index (χ1) is 7.65. The van der Waals surface area contributed by atoms with Gasteiger partial charge in [0.25, 0.3) is 0 Å². The molecule has 0 aromatic rings. The van der Waals surface area contributed by atoms with Crippen LogP contribution in [0.5, 0.6) is 0 Å². The smallest absolute Gasteiger partial charge is 0.265 e. The number of hydrogen-bond donors (Lipinski definition) is 0. The number of epoxide rings is 1. The van der Waals surface area contributed by atoms with E-state index in [1.807, 2.05) is 0 Å². The van der Waals surface area contributed by atoms with Gasteiger partial charge in [-0.2, -0.15) is 39.5 Å². The summed E-state index contributed by atoms with van der Waals surface area (Å²) in [5.41, 5.74) is 0. The van der Waals surface area contributed by atoms with Crippen LogP contribution in [0.4, 0.5) is 48.3 Å². The fourth-order valence-corrected chi connectivity index (χ4v) is 0.946. The van der Waals surface area contributed by atoms with Gasteiger partial charge in [0.1, 0.15) is 0 Å². The summed E-state index contributed by atoms with van der Waals surface area (Å²) in [6.45, 7) is 0. The standard InChI is InChI=1S/C6HF11O/c7-1(8)2(9,10)3(11,12)4(13,14)5(15)6(16,17)18-5/h1H. The first-order valence-electron chi connectivity index (χ1n) is 3.83. The summed E-state index contributed by atoms with van der Waals surface area (Å²) < 4.78 is 136. The van der Waals surface area contributed by atoms with Crippen molar-refractivity contribution >= 4 is 0 Å². The van der Waals surface area contributed by atoms with Crippen LogP contribution in [0.2, 0.25) is 0 Å². The lowest BCUT2D eigenvalue weighted by Gasteiger charge is -2.32. The summed E-state index contributed by atoms with van der Waals surface area (Å²) in [6.07, 6.45) is -10.8. The number of hydrogen-bond acceptors (Lipinski definition) is 1. The number of halogens is 11. The monoisotopic (exact) mass is 298 g/mol. The quantitative estimate of drug-likeness (QED) is 0.572. The predicted octanol–water partition coefficient (Wildman–Crippen LogP) is 3.45. The average Bonchev–Trinajstić information content (AvgIpc) is 2.66. The fourth-order valence-electron chi connectivity index (χ4n) is 0.946. The minimum absolute atomic E-state index is 2.31. The van der Waals surface area contributed by atoms with E-state index in [2.05, 4.69) is 4.74 Å². The first kappa shape index (κ1) is 15.2. The van der Waals surface area contributed by atoms with Crippen LogP contribution in [0.1, 0.15) is 0 Å². The van der Waals surface area contributed by atoms with E-state index in [1.54, 1.807) is 0 Å². The summed E-state index contributed by atoms with van der Waals surface area (Å²) in [4.78, 5) is 0. The zero-order valence-electron chi connectivity index (χ0n) is 7.64. The molecule has 0 radical (unpaired) electrons. The van der Waals surface area contributed by atoms with Crippen LogP contribution >= 0.6 is 0 Å². The van der Waals surface area contributed by atoms with Gasteiger partial charge in [-0.15, -0.1) is 0 Å². The zero-order chi connectivity index (χ0) is 14.8. The van der Waals surface area contributed by atoms with Crippen LogP contribution in [0.3, 0.4) is 0 Å². The fraction of sp³-hybridized carbons (Fsp3) is 1.00. The number of ether oxygens (including phenoxy) is 1. The third kappa shape index (κ3) is 1.50. The molecule has 1 nitrogen and oxygen atoms in total. The topological polar surface area (TPSA) is 12.5 Å². The molecule has 0 saturated carbocycles. The SMILES string of the molecule is FC(F)C(F)(F)C(F)(F)C(F)(F)C1(F)OC1(F)F. The Kier molecular flexibility index (Phi) is 2.87. The third-order valence-electron chi connectivity index (χ3n) is 2.09. The van der Waals surface area contributed by atoms with E-state index >= 15 is 0 Å². The molecule has 1 aliphatic rings. The molecule has 1 heterocycles. The van der Waals surface area contributed by atoms with E-state index in [9.17, 15) is 48.3 Å². The largest absolute Gasteiger partial charge is 0.424 e. The molecule has 1 saturated heterocycles. The van der Waals surface area contributed by atoms with Gasteiger partial charge in [0, 0.05) is 0 Å². The molecule has 1 aliphatic heterocycles. The molecule has 0 aromatic heterocycles. The van der Waals surface area contributed by atoms with Gasteiger partial charge in [-0.3, -0.25) is 4.74 Å². The second kappa shape index (κ2) is 3.39. The normalized spacial score (nSPS) is 28.7. The van der Waals surface area contributed by atoms with Crippen molar-refractivity contribution in [2.24, 2.45) is 0 Å². The molecule has 1 rings (SSSR count). The summed E-state index contributed by atoms with van der Waals surface area (Å²) >= 11 is 0. The van der Waals surface area contributed by atoms with Crippen molar-refractivity contribution in [2.75, 3.05) is 0 Å². The Bertz CT molecular complexity index is 335. The molecule has 12 heteroatoms. The average molecular weight is 298 g/mol. The molecule has 1 fully saturated rings. The highest BCUT2D eigenvalue weighted by Gasteiger charge is 2.97. The van der Waals surface area contributed by atoms with Gasteiger partial charge in [-0.1, -0.05) is 0 Å². The van der Waals surface area contributed by atoms with Crippen molar-refractivity contribution in [3.63, 3.8) is 0 Å². The van der Waals surface area contributed by atoms with E-state index in [-0.39, 0.29) is 0 Å². The Balaban J connectivity index is 3.21. The van der Waals surface area contributed by atoms with Gasteiger partial charge in [0.2, 0.25) is 0 Å². The maximum atomic E-state index is 12.6. The molecular formula is C6HF11O. The maximum absolute atomic E-state index is 12.6. The molecule has 0 bridgehead atoms. The van der Waals surface area contributed by atoms with Crippen LogP contribution < -0.4 is 0 Å². The van der Waals surface area contributed by atoms with Crippen molar-refractivity contribution in [3.05, 3.63) is 0 Å². The van der Waals surface area contributed by atoms with Crippen LogP contribution in [-0.2, 0) is 4.74 Å². The second-order valence-electron chi connectivity index (χ2n) is 3.29. The number of rotatable bonds is 4. The van der Waals surface area contributed by atoms with Gasteiger partial charge >= 0.3 is 36.2 Å². The summed E-state index contributed by atoms with van der Waals surface area (Å²) in [6, 6.07) is 0. The van der Waals surface area contributed by atoms with Gasteiger partial charge < -0.3 is 0 Å². The third-order valence-corrected chi connectivity index (χ3v) is 2.09. The Morgan fingerprint density at radius 2 is 1.17 bits per heavy atom. The van der Waals surface area contributed by atoms with E-state index in [4.69, 9.17) is 0 Å². The van der Waals surface area contributed by atoms with Gasteiger partial charge in [-0.05, 0) is 0 Å². The number of alkyl halides is 11. The molecule has 0 spiro atoms. The molecular weight excluding hydrogens is 297 g/mol.